The molecule has 9 heteroatoms. The van der Waals surface area contributed by atoms with Gasteiger partial charge in [-0.2, -0.15) is 0 Å². The van der Waals surface area contributed by atoms with Crippen molar-refractivity contribution in [1.29, 1.82) is 0 Å². The topological polar surface area (TPSA) is 106 Å². The quantitative estimate of drug-likeness (QED) is 0.639. The molecule has 33 heavy (non-hydrogen) atoms. The second-order valence-electron chi connectivity index (χ2n) is 8.73. The van der Waals surface area contributed by atoms with Gasteiger partial charge in [0.15, 0.2) is 5.82 Å². The Balaban J connectivity index is 1.48. The van der Waals surface area contributed by atoms with Gasteiger partial charge in [-0.1, -0.05) is 30.3 Å². The summed E-state index contributed by atoms with van der Waals surface area (Å²) in [5, 5.41) is 5.17. The third-order valence-corrected chi connectivity index (χ3v) is 7.54. The number of rotatable bonds is 3. The van der Waals surface area contributed by atoms with E-state index in [9.17, 15) is 17.6 Å². The van der Waals surface area contributed by atoms with Gasteiger partial charge in [0.25, 0.3) is 5.91 Å². The van der Waals surface area contributed by atoms with E-state index < -0.39 is 21.7 Å². The van der Waals surface area contributed by atoms with Crippen LogP contribution in [0.4, 0.5) is 4.39 Å². The van der Waals surface area contributed by atoms with Crippen molar-refractivity contribution >= 4 is 15.9 Å². The fourth-order valence-corrected chi connectivity index (χ4v) is 5.53. The molecule has 2 N–H and O–H groups in total. The third-order valence-electron chi connectivity index (χ3n) is 6.63. The minimum atomic E-state index is -4.05. The normalized spacial score (nSPS) is 20.1. The Hall–Kier alpha value is -3.17. The molecule has 170 valence electrons. The minimum absolute atomic E-state index is 0.287. The Morgan fingerprint density at radius 1 is 1.12 bits per heavy atom. The number of amides is 1. The van der Waals surface area contributed by atoms with Crippen molar-refractivity contribution in [2.75, 3.05) is 13.1 Å². The fraction of sp³-hybridized carbons (Fsp3) is 0.292. The van der Waals surface area contributed by atoms with Crippen LogP contribution in [0.15, 0.2) is 59.6 Å². The Kier molecular flexibility index (Phi) is 5.25. The summed E-state index contributed by atoms with van der Waals surface area (Å²) in [5.41, 5.74) is 2.33. The summed E-state index contributed by atoms with van der Waals surface area (Å²) in [5.74, 6) is -0.665. The fourth-order valence-electron chi connectivity index (χ4n) is 4.99. The van der Waals surface area contributed by atoms with Crippen molar-refractivity contribution in [2.45, 2.75) is 36.0 Å². The highest BCUT2D eigenvalue weighted by atomic mass is 32.2. The van der Waals surface area contributed by atoms with Crippen molar-refractivity contribution in [2.24, 2.45) is 5.14 Å². The lowest BCUT2D eigenvalue weighted by molar-refractivity contribution is 0.0628. The Labute approximate surface area is 191 Å². The zero-order valence-electron chi connectivity index (χ0n) is 17.9. The maximum Gasteiger partial charge on any atom is 0.256 e. The zero-order valence-corrected chi connectivity index (χ0v) is 18.7. The Bertz CT molecular complexity index is 1340. The van der Waals surface area contributed by atoms with Crippen LogP contribution < -0.4 is 5.14 Å². The summed E-state index contributed by atoms with van der Waals surface area (Å²) in [6.07, 6.45) is 5.14. The predicted octanol–water partition coefficient (Wildman–Crippen LogP) is 3.05. The maximum atomic E-state index is 14.5. The lowest BCUT2D eigenvalue weighted by atomic mass is 9.77. The SMILES string of the molecule is NS(=O)(=O)c1ccc(F)c(C(=O)N2CCCC3(CCc4cnc(-c5ccccc5)nc43)C2)c1. The van der Waals surface area contributed by atoms with E-state index in [1.54, 1.807) is 4.90 Å². The maximum absolute atomic E-state index is 14.5. The molecule has 1 aliphatic heterocycles. The molecule has 1 unspecified atom stereocenters. The van der Waals surface area contributed by atoms with Crippen LogP contribution in [-0.2, 0) is 21.9 Å². The van der Waals surface area contributed by atoms with Gasteiger partial charge in [-0.25, -0.2) is 27.9 Å². The number of fused-ring (bicyclic) bond motifs is 2. The summed E-state index contributed by atoms with van der Waals surface area (Å²) in [4.78, 5) is 24.0. The van der Waals surface area contributed by atoms with E-state index in [1.807, 2.05) is 36.5 Å². The summed E-state index contributed by atoms with van der Waals surface area (Å²) in [6, 6.07) is 12.8. The van der Waals surface area contributed by atoms with E-state index >= 15 is 0 Å². The zero-order chi connectivity index (χ0) is 23.2. The molecule has 1 aromatic heterocycles. The monoisotopic (exact) mass is 466 g/mol. The number of hydrogen-bond acceptors (Lipinski definition) is 5. The first-order valence-electron chi connectivity index (χ1n) is 10.8. The average molecular weight is 467 g/mol. The van der Waals surface area contributed by atoms with E-state index in [1.165, 1.54) is 0 Å². The molecule has 1 fully saturated rings. The lowest BCUT2D eigenvalue weighted by Gasteiger charge is -2.40. The van der Waals surface area contributed by atoms with E-state index in [4.69, 9.17) is 10.1 Å². The van der Waals surface area contributed by atoms with Crippen molar-refractivity contribution in [3.8, 4) is 11.4 Å². The molecule has 0 radical (unpaired) electrons. The number of carbonyl (C=O) groups is 1. The molecule has 1 amide bonds. The number of benzene rings is 2. The molecule has 2 aliphatic rings. The number of hydrogen-bond donors (Lipinski definition) is 1. The van der Waals surface area contributed by atoms with Crippen LogP contribution in [0.2, 0.25) is 0 Å². The van der Waals surface area contributed by atoms with Gasteiger partial charge in [0.05, 0.1) is 16.2 Å². The van der Waals surface area contributed by atoms with Gasteiger partial charge in [-0.3, -0.25) is 4.79 Å². The lowest BCUT2D eigenvalue weighted by Crippen LogP contribution is -2.48. The smallest absolute Gasteiger partial charge is 0.256 e. The Morgan fingerprint density at radius 2 is 1.91 bits per heavy atom. The molecule has 2 aromatic carbocycles. The average Bonchev–Trinajstić information content (AvgIpc) is 3.15. The molecule has 7 nitrogen and oxygen atoms in total. The number of nitrogens with zero attached hydrogens (tertiary/aromatic N) is 3. The summed E-state index contributed by atoms with van der Waals surface area (Å²) < 4.78 is 37.9. The number of halogens is 1. The molecule has 2 heterocycles. The highest BCUT2D eigenvalue weighted by Gasteiger charge is 2.45. The first kappa shape index (κ1) is 21.7. The molecule has 3 aromatic rings. The highest BCUT2D eigenvalue weighted by Crippen LogP contribution is 2.44. The largest absolute Gasteiger partial charge is 0.338 e. The first-order chi connectivity index (χ1) is 15.8. The second kappa shape index (κ2) is 8.00. The number of primary sulfonamides is 1. The third kappa shape index (κ3) is 3.91. The number of aromatic nitrogens is 2. The van der Waals surface area contributed by atoms with Crippen LogP contribution >= 0.6 is 0 Å². The number of sulfonamides is 1. The molecule has 0 bridgehead atoms. The first-order valence-corrected chi connectivity index (χ1v) is 12.3. The standard InChI is InChI=1S/C24H23FN4O3S/c25-20-8-7-18(33(26,31)32)13-19(20)23(30)29-12-4-10-24(15-29)11-9-17-14-27-22(28-21(17)24)16-5-2-1-3-6-16/h1-3,5-8,13-14H,4,9-12,15H2,(H2,26,31,32). The van der Waals surface area contributed by atoms with E-state index in [2.05, 4.69) is 4.98 Å². The van der Waals surface area contributed by atoms with Crippen LogP contribution in [0.1, 0.15) is 40.9 Å². The molecule has 1 saturated heterocycles. The number of nitrogens with two attached hydrogens (primary N) is 1. The van der Waals surface area contributed by atoms with Gasteiger partial charge in [-0.05, 0) is 49.4 Å². The predicted molar refractivity (Wildman–Crippen MR) is 120 cm³/mol. The number of likely N-dealkylation sites (tertiary alicyclic amines) is 1. The van der Waals surface area contributed by atoms with Crippen LogP contribution in [0.3, 0.4) is 0 Å². The number of aryl methyl sites for hydroxylation is 1. The van der Waals surface area contributed by atoms with Crippen molar-refractivity contribution in [3.05, 3.63) is 77.4 Å². The molecule has 1 aliphatic carbocycles. The van der Waals surface area contributed by atoms with Gasteiger partial charge < -0.3 is 4.90 Å². The molecule has 0 saturated carbocycles. The molecular weight excluding hydrogens is 443 g/mol. The van der Waals surface area contributed by atoms with Crippen molar-refractivity contribution in [3.63, 3.8) is 0 Å². The van der Waals surface area contributed by atoms with Gasteiger partial charge in [0.2, 0.25) is 10.0 Å². The van der Waals surface area contributed by atoms with E-state index in [0.29, 0.717) is 18.9 Å². The summed E-state index contributed by atoms with van der Waals surface area (Å²) in [6.45, 7) is 0.856. The summed E-state index contributed by atoms with van der Waals surface area (Å²) >= 11 is 0. The van der Waals surface area contributed by atoms with E-state index in [0.717, 1.165) is 60.7 Å². The highest BCUT2D eigenvalue weighted by molar-refractivity contribution is 7.89. The van der Waals surface area contributed by atoms with Crippen LogP contribution in [0, 0.1) is 5.82 Å². The minimum Gasteiger partial charge on any atom is -0.338 e. The van der Waals surface area contributed by atoms with Gasteiger partial charge >= 0.3 is 0 Å². The van der Waals surface area contributed by atoms with Crippen LogP contribution in [-0.4, -0.2) is 42.3 Å². The Morgan fingerprint density at radius 3 is 2.67 bits per heavy atom. The van der Waals surface area contributed by atoms with Crippen molar-refractivity contribution < 1.29 is 17.6 Å². The molecule has 1 atom stereocenters. The number of carbonyl (C=O) groups excluding carboxylic acids is 1. The van der Waals surface area contributed by atoms with Gasteiger partial charge in [-0.15, -0.1) is 0 Å². The number of piperidine rings is 1. The van der Waals surface area contributed by atoms with Gasteiger partial charge in [0.1, 0.15) is 5.82 Å². The molecule has 5 rings (SSSR count). The van der Waals surface area contributed by atoms with E-state index in [-0.39, 0.29) is 15.9 Å². The summed E-state index contributed by atoms with van der Waals surface area (Å²) in [7, 11) is -4.05. The molecule has 1 spiro atoms. The van der Waals surface area contributed by atoms with Crippen LogP contribution in [0.25, 0.3) is 11.4 Å². The molecular formula is C24H23FN4O3S. The van der Waals surface area contributed by atoms with Gasteiger partial charge in [0, 0.05) is 30.3 Å². The van der Waals surface area contributed by atoms with Crippen molar-refractivity contribution in [1.82, 2.24) is 14.9 Å². The van der Waals surface area contributed by atoms with Crippen LogP contribution in [0.5, 0.6) is 0 Å². The second-order valence-corrected chi connectivity index (χ2v) is 10.3.